The fraction of sp³-hybridized carbons (Fsp3) is 0.286. The van der Waals surface area contributed by atoms with Gasteiger partial charge in [-0.2, -0.15) is 5.10 Å². The second-order valence-corrected chi connectivity index (χ2v) is 4.33. The van der Waals surface area contributed by atoms with Crippen molar-refractivity contribution in [3.05, 3.63) is 47.2 Å². The summed E-state index contributed by atoms with van der Waals surface area (Å²) in [5.41, 5.74) is 2.74. The first-order valence-electron chi connectivity index (χ1n) is 6.02. The van der Waals surface area contributed by atoms with Gasteiger partial charge in [0.1, 0.15) is 0 Å². The van der Waals surface area contributed by atoms with Crippen molar-refractivity contribution in [3.8, 4) is 0 Å². The third kappa shape index (κ3) is 2.59. The molecule has 2 aromatic rings. The molecule has 1 heterocycles. The van der Waals surface area contributed by atoms with Gasteiger partial charge in [-0.05, 0) is 32.4 Å². The van der Waals surface area contributed by atoms with Gasteiger partial charge in [0, 0.05) is 24.4 Å². The molecule has 2 rings (SSSR count). The van der Waals surface area contributed by atoms with Crippen LogP contribution in [0, 0.1) is 13.8 Å². The number of benzene rings is 1. The Morgan fingerprint density at radius 3 is 2.78 bits per heavy atom. The van der Waals surface area contributed by atoms with E-state index in [1.165, 1.54) is 0 Å². The van der Waals surface area contributed by atoms with Gasteiger partial charge in [0.15, 0.2) is 5.82 Å². The SMILES string of the molecule is CCn1ccc(NC(=O)c2cc(C)ccc2C)n1. The Morgan fingerprint density at radius 1 is 1.33 bits per heavy atom. The first-order chi connectivity index (χ1) is 8.60. The summed E-state index contributed by atoms with van der Waals surface area (Å²) in [6, 6.07) is 7.64. The van der Waals surface area contributed by atoms with Crippen molar-refractivity contribution in [2.45, 2.75) is 27.3 Å². The van der Waals surface area contributed by atoms with E-state index >= 15 is 0 Å². The lowest BCUT2D eigenvalue weighted by atomic mass is 10.1. The molecule has 1 aromatic carbocycles. The number of rotatable bonds is 3. The molecule has 1 N–H and O–H groups in total. The second kappa shape index (κ2) is 5.04. The molecule has 0 fully saturated rings. The second-order valence-electron chi connectivity index (χ2n) is 4.33. The van der Waals surface area contributed by atoms with E-state index in [1.54, 1.807) is 10.7 Å². The minimum Gasteiger partial charge on any atom is -0.305 e. The van der Waals surface area contributed by atoms with Gasteiger partial charge in [0.2, 0.25) is 0 Å². The van der Waals surface area contributed by atoms with Gasteiger partial charge in [-0.15, -0.1) is 0 Å². The third-order valence-electron chi connectivity index (χ3n) is 2.84. The molecule has 0 bridgehead atoms. The topological polar surface area (TPSA) is 46.9 Å². The Hall–Kier alpha value is -2.10. The van der Waals surface area contributed by atoms with Crippen LogP contribution in [0.25, 0.3) is 0 Å². The maximum absolute atomic E-state index is 12.1. The Kier molecular flexibility index (Phi) is 3.46. The molecule has 0 atom stereocenters. The largest absolute Gasteiger partial charge is 0.305 e. The van der Waals surface area contributed by atoms with Crippen molar-refractivity contribution in [1.29, 1.82) is 0 Å². The van der Waals surface area contributed by atoms with E-state index in [4.69, 9.17) is 0 Å². The Balaban J connectivity index is 2.19. The summed E-state index contributed by atoms with van der Waals surface area (Å²) in [6.07, 6.45) is 1.85. The highest BCUT2D eigenvalue weighted by molar-refractivity contribution is 6.04. The molecular weight excluding hydrogens is 226 g/mol. The van der Waals surface area contributed by atoms with Crippen LogP contribution in [-0.2, 0) is 6.54 Å². The lowest BCUT2D eigenvalue weighted by molar-refractivity contribution is 0.102. The summed E-state index contributed by atoms with van der Waals surface area (Å²) in [7, 11) is 0. The Morgan fingerprint density at radius 2 is 2.11 bits per heavy atom. The predicted octanol–water partition coefficient (Wildman–Crippen LogP) is 2.77. The van der Waals surface area contributed by atoms with Crippen molar-refractivity contribution in [3.63, 3.8) is 0 Å². The van der Waals surface area contributed by atoms with Crippen LogP contribution in [0.3, 0.4) is 0 Å². The quantitative estimate of drug-likeness (QED) is 0.901. The molecule has 0 saturated carbocycles. The minimum absolute atomic E-state index is 0.113. The van der Waals surface area contributed by atoms with Crippen LogP contribution in [0.4, 0.5) is 5.82 Å². The predicted molar refractivity (Wildman–Crippen MR) is 71.8 cm³/mol. The lowest BCUT2D eigenvalue weighted by Gasteiger charge is -2.06. The van der Waals surface area contributed by atoms with E-state index in [9.17, 15) is 4.79 Å². The first-order valence-corrected chi connectivity index (χ1v) is 6.02. The number of aryl methyl sites for hydroxylation is 3. The van der Waals surface area contributed by atoms with E-state index in [0.717, 1.165) is 17.7 Å². The molecule has 0 spiro atoms. The van der Waals surface area contributed by atoms with Gasteiger partial charge in [0.25, 0.3) is 5.91 Å². The molecular formula is C14H17N3O. The van der Waals surface area contributed by atoms with Crippen LogP contribution in [0.1, 0.15) is 28.4 Å². The molecule has 0 radical (unpaired) electrons. The summed E-state index contributed by atoms with van der Waals surface area (Å²) >= 11 is 0. The van der Waals surface area contributed by atoms with Crippen molar-refractivity contribution < 1.29 is 4.79 Å². The number of carbonyl (C=O) groups is 1. The summed E-state index contributed by atoms with van der Waals surface area (Å²) in [5.74, 6) is 0.473. The molecule has 0 aliphatic carbocycles. The summed E-state index contributed by atoms with van der Waals surface area (Å²) < 4.78 is 1.78. The molecule has 0 aliphatic heterocycles. The van der Waals surface area contributed by atoms with Crippen molar-refractivity contribution >= 4 is 11.7 Å². The highest BCUT2D eigenvalue weighted by Crippen LogP contribution is 2.13. The number of aromatic nitrogens is 2. The zero-order chi connectivity index (χ0) is 13.1. The summed E-state index contributed by atoms with van der Waals surface area (Å²) in [6.45, 7) is 6.70. The van der Waals surface area contributed by atoms with Gasteiger partial charge >= 0.3 is 0 Å². The maximum Gasteiger partial charge on any atom is 0.257 e. The third-order valence-corrected chi connectivity index (χ3v) is 2.84. The summed E-state index contributed by atoms with van der Waals surface area (Å²) in [4.78, 5) is 12.1. The van der Waals surface area contributed by atoms with Gasteiger partial charge < -0.3 is 5.32 Å². The van der Waals surface area contributed by atoms with E-state index in [2.05, 4.69) is 10.4 Å². The monoisotopic (exact) mass is 243 g/mol. The number of carbonyl (C=O) groups excluding carboxylic acids is 1. The van der Waals surface area contributed by atoms with Crippen LogP contribution < -0.4 is 5.32 Å². The van der Waals surface area contributed by atoms with Crippen LogP contribution >= 0.6 is 0 Å². The maximum atomic E-state index is 12.1. The van der Waals surface area contributed by atoms with Crippen molar-refractivity contribution in [2.75, 3.05) is 5.32 Å². The molecule has 18 heavy (non-hydrogen) atoms. The van der Waals surface area contributed by atoms with E-state index < -0.39 is 0 Å². The Bertz CT molecular complexity index is 572. The van der Waals surface area contributed by atoms with Crippen molar-refractivity contribution in [2.24, 2.45) is 0 Å². The van der Waals surface area contributed by atoms with Gasteiger partial charge in [-0.25, -0.2) is 0 Å². The zero-order valence-electron chi connectivity index (χ0n) is 10.9. The molecule has 1 aromatic heterocycles. The molecule has 4 nitrogen and oxygen atoms in total. The minimum atomic E-state index is -0.113. The average Bonchev–Trinajstić information content (AvgIpc) is 2.80. The smallest absolute Gasteiger partial charge is 0.257 e. The first kappa shape index (κ1) is 12.4. The molecule has 0 aliphatic rings. The average molecular weight is 243 g/mol. The highest BCUT2D eigenvalue weighted by Gasteiger charge is 2.10. The van der Waals surface area contributed by atoms with Crippen LogP contribution in [0.2, 0.25) is 0 Å². The molecule has 0 saturated heterocycles. The zero-order valence-corrected chi connectivity index (χ0v) is 10.9. The van der Waals surface area contributed by atoms with Gasteiger partial charge in [0.05, 0.1) is 0 Å². The molecule has 4 heteroatoms. The van der Waals surface area contributed by atoms with E-state index in [1.807, 2.05) is 45.2 Å². The van der Waals surface area contributed by atoms with Gasteiger partial charge in [-0.3, -0.25) is 9.48 Å². The van der Waals surface area contributed by atoms with Crippen LogP contribution in [0.15, 0.2) is 30.5 Å². The van der Waals surface area contributed by atoms with E-state index in [-0.39, 0.29) is 5.91 Å². The van der Waals surface area contributed by atoms with Gasteiger partial charge in [-0.1, -0.05) is 17.7 Å². The van der Waals surface area contributed by atoms with Crippen molar-refractivity contribution in [1.82, 2.24) is 9.78 Å². The number of nitrogens with zero attached hydrogens (tertiary/aromatic N) is 2. The van der Waals surface area contributed by atoms with Crippen LogP contribution in [-0.4, -0.2) is 15.7 Å². The highest BCUT2D eigenvalue weighted by atomic mass is 16.1. The molecule has 0 unspecified atom stereocenters. The van der Waals surface area contributed by atoms with Crippen LogP contribution in [0.5, 0.6) is 0 Å². The fourth-order valence-corrected chi connectivity index (χ4v) is 1.77. The molecule has 1 amide bonds. The summed E-state index contributed by atoms with van der Waals surface area (Å²) in [5, 5.41) is 7.04. The number of anilines is 1. The lowest BCUT2D eigenvalue weighted by Crippen LogP contribution is -2.14. The number of hydrogen-bond donors (Lipinski definition) is 1. The fourth-order valence-electron chi connectivity index (χ4n) is 1.77. The normalized spacial score (nSPS) is 10.4. The number of nitrogens with one attached hydrogen (secondary N) is 1. The number of hydrogen-bond acceptors (Lipinski definition) is 2. The number of amides is 1. The standard InChI is InChI=1S/C14H17N3O/c1-4-17-8-7-13(16-17)15-14(18)12-9-10(2)5-6-11(12)3/h5-9H,4H2,1-3H3,(H,15,16,18). The van der Waals surface area contributed by atoms with E-state index in [0.29, 0.717) is 11.4 Å². The molecule has 94 valence electrons. The Labute approximate surface area is 107 Å².